The first-order valence-electron chi connectivity index (χ1n) is 6.50. The van der Waals surface area contributed by atoms with E-state index in [1.165, 1.54) is 0 Å². The van der Waals surface area contributed by atoms with Crippen LogP contribution in [0, 0.1) is 5.41 Å². The van der Waals surface area contributed by atoms with E-state index in [2.05, 4.69) is 20.4 Å². The number of carbonyl (C=O) groups excluding carboxylic acids is 1. The molecule has 17 heavy (non-hydrogen) atoms. The lowest BCUT2D eigenvalue weighted by Crippen LogP contribution is -2.25. The Kier molecular flexibility index (Phi) is 5.86. The van der Waals surface area contributed by atoms with Crippen LogP contribution in [0.1, 0.15) is 46.0 Å². The van der Waals surface area contributed by atoms with E-state index in [4.69, 9.17) is 9.47 Å². The number of hydrogen-bond acceptors (Lipinski definition) is 3. The number of hydrogen-bond donors (Lipinski definition) is 0. The van der Waals surface area contributed by atoms with E-state index < -0.39 is 0 Å². The summed E-state index contributed by atoms with van der Waals surface area (Å²) in [7, 11) is 0. The number of unbranched alkanes of at least 4 members (excludes halogenated alkanes) is 1. The van der Waals surface area contributed by atoms with Crippen molar-refractivity contribution < 1.29 is 14.3 Å². The summed E-state index contributed by atoms with van der Waals surface area (Å²) in [6, 6.07) is 0. The Morgan fingerprint density at radius 1 is 1.59 bits per heavy atom. The Labute approximate surface area is 104 Å². The fourth-order valence-electron chi connectivity index (χ4n) is 2.17. The van der Waals surface area contributed by atoms with Gasteiger partial charge in [-0.05, 0) is 12.8 Å². The van der Waals surface area contributed by atoms with Crippen molar-refractivity contribution in [1.29, 1.82) is 0 Å². The molecule has 0 aromatic rings. The summed E-state index contributed by atoms with van der Waals surface area (Å²) in [6.07, 6.45) is 7.10. The predicted octanol–water partition coefficient (Wildman–Crippen LogP) is 3.09. The molecule has 0 spiro atoms. The fourth-order valence-corrected chi connectivity index (χ4v) is 2.17. The summed E-state index contributed by atoms with van der Waals surface area (Å²) < 4.78 is 11.6. The van der Waals surface area contributed by atoms with Gasteiger partial charge in [0.05, 0.1) is 6.10 Å². The van der Waals surface area contributed by atoms with Gasteiger partial charge in [-0.2, -0.15) is 0 Å². The van der Waals surface area contributed by atoms with Gasteiger partial charge in [0, 0.05) is 24.9 Å². The SMILES string of the molecule is C=C[C@]1(C)CC(OCCCC)O[C@H]1CCC=O. The highest BCUT2D eigenvalue weighted by Gasteiger charge is 2.42. The molecule has 3 heteroatoms. The second-order valence-electron chi connectivity index (χ2n) is 4.94. The maximum absolute atomic E-state index is 10.4. The molecule has 3 nitrogen and oxygen atoms in total. The minimum Gasteiger partial charge on any atom is -0.353 e. The van der Waals surface area contributed by atoms with Gasteiger partial charge in [-0.25, -0.2) is 0 Å². The third kappa shape index (κ3) is 3.93. The van der Waals surface area contributed by atoms with Gasteiger partial charge < -0.3 is 14.3 Å². The van der Waals surface area contributed by atoms with Crippen molar-refractivity contribution in [3.63, 3.8) is 0 Å². The zero-order valence-corrected chi connectivity index (χ0v) is 11.0. The van der Waals surface area contributed by atoms with Gasteiger partial charge in [0.15, 0.2) is 6.29 Å². The third-order valence-electron chi connectivity index (χ3n) is 3.47. The van der Waals surface area contributed by atoms with Crippen molar-refractivity contribution in [2.45, 2.75) is 58.3 Å². The Hall–Kier alpha value is -0.670. The average molecular weight is 240 g/mol. The molecule has 1 saturated heterocycles. The maximum atomic E-state index is 10.4. The monoisotopic (exact) mass is 240 g/mol. The Balaban J connectivity index is 2.47. The summed E-state index contributed by atoms with van der Waals surface area (Å²) in [6.45, 7) is 8.89. The number of ether oxygens (including phenoxy) is 2. The lowest BCUT2D eigenvalue weighted by molar-refractivity contribution is -0.137. The zero-order valence-electron chi connectivity index (χ0n) is 11.0. The second kappa shape index (κ2) is 6.92. The summed E-state index contributed by atoms with van der Waals surface area (Å²) in [5.74, 6) is 0. The molecule has 0 bridgehead atoms. The van der Waals surface area contributed by atoms with Crippen molar-refractivity contribution in [2.75, 3.05) is 6.61 Å². The van der Waals surface area contributed by atoms with E-state index in [9.17, 15) is 4.79 Å². The van der Waals surface area contributed by atoms with Gasteiger partial charge in [0.2, 0.25) is 0 Å². The standard InChI is InChI=1S/C14H24O3/c1-4-6-10-16-13-11-14(3,5-2)12(17-13)8-7-9-15/h5,9,12-13H,2,4,6-8,10-11H2,1,3H3/t12-,13?,14+/m0/s1. The minimum absolute atomic E-state index is 0.0526. The van der Waals surface area contributed by atoms with Crippen LogP contribution in [0.2, 0.25) is 0 Å². The van der Waals surface area contributed by atoms with E-state index in [0.29, 0.717) is 6.42 Å². The van der Waals surface area contributed by atoms with Crippen molar-refractivity contribution in [1.82, 2.24) is 0 Å². The lowest BCUT2D eigenvalue weighted by atomic mass is 9.81. The molecule has 0 saturated carbocycles. The number of rotatable bonds is 8. The number of aldehydes is 1. The first-order chi connectivity index (χ1) is 8.16. The van der Waals surface area contributed by atoms with E-state index in [1.54, 1.807) is 0 Å². The van der Waals surface area contributed by atoms with Crippen LogP contribution in [0.15, 0.2) is 12.7 Å². The average Bonchev–Trinajstić information content (AvgIpc) is 2.65. The summed E-state index contributed by atoms with van der Waals surface area (Å²) in [4.78, 5) is 10.4. The van der Waals surface area contributed by atoms with Gasteiger partial charge >= 0.3 is 0 Å². The van der Waals surface area contributed by atoms with E-state index in [0.717, 1.165) is 38.6 Å². The van der Waals surface area contributed by atoms with Gasteiger partial charge in [-0.15, -0.1) is 6.58 Å². The Morgan fingerprint density at radius 3 is 2.94 bits per heavy atom. The molecule has 0 N–H and O–H groups in total. The van der Waals surface area contributed by atoms with Crippen LogP contribution in [-0.4, -0.2) is 25.3 Å². The van der Waals surface area contributed by atoms with Crippen LogP contribution in [-0.2, 0) is 14.3 Å². The van der Waals surface area contributed by atoms with Crippen LogP contribution in [0.4, 0.5) is 0 Å². The summed E-state index contributed by atoms with van der Waals surface area (Å²) >= 11 is 0. The molecule has 0 aliphatic carbocycles. The molecule has 1 unspecified atom stereocenters. The molecule has 1 fully saturated rings. The molecular formula is C14H24O3. The first kappa shape index (κ1) is 14.4. The van der Waals surface area contributed by atoms with E-state index in [1.807, 2.05) is 6.08 Å². The third-order valence-corrected chi connectivity index (χ3v) is 3.47. The molecule has 98 valence electrons. The Bertz CT molecular complexity index is 252. The molecular weight excluding hydrogens is 216 g/mol. The van der Waals surface area contributed by atoms with Crippen LogP contribution >= 0.6 is 0 Å². The second-order valence-corrected chi connectivity index (χ2v) is 4.94. The van der Waals surface area contributed by atoms with Crippen LogP contribution < -0.4 is 0 Å². The normalized spacial score (nSPS) is 32.6. The molecule has 1 aliphatic rings. The van der Waals surface area contributed by atoms with Crippen molar-refractivity contribution in [3.8, 4) is 0 Å². The highest BCUT2D eigenvalue weighted by Crippen LogP contribution is 2.41. The van der Waals surface area contributed by atoms with Crippen molar-refractivity contribution >= 4 is 6.29 Å². The lowest BCUT2D eigenvalue weighted by Gasteiger charge is -2.24. The van der Waals surface area contributed by atoms with Gasteiger partial charge in [-0.1, -0.05) is 26.3 Å². The van der Waals surface area contributed by atoms with Crippen molar-refractivity contribution in [2.24, 2.45) is 5.41 Å². The smallest absolute Gasteiger partial charge is 0.158 e. The molecule has 1 rings (SSSR count). The van der Waals surface area contributed by atoms with Crippen LogP contribution in [0.5, 0.6) is 0 Å². The Morgan fingerprint density at radius 2 is 2.35 bits per heavy atom. The number of carbonyl (C=O) groups is 1. The summed E-state index contributed by atoms with van der Waals surface area (Å²) in [5, 5.41) is 0. The highest BCUT2D eigenvalue weighted by molar-refractivity contribution is 5.49. The molecule has 0 aromatic heterocycles. The molecule has 1 heterocycles. The fraction of sp³-hybridized carbons (Fsp3) is 0.786. The van der Waals surface area contributed by atoms with Gasteiger partial charge in [0.1, 0.15) is 6.29 Å². The topological polar surface area (TPSA) is 35.5 Å². The molecule has 0 amide bonds. The van der Waals surface area contributed by atoms with Crippen molar-refractivity contribution in [3.05, 3.63) is 12.7 Å². The van der Waals surface area contributed by atoms with E-state index in [-0.39, 0.29) is 17.8 Å². The van der Waals surface area contributed by atoms with Gasteiger partial charge in [0.25, 0.3) is 0 Å². The maximum Gasteiger partial charge on any atom is 0.158 e. The minimum atomic E-state index is -0.138. The first-order valence-corrected chi connectivity index (χ1v) is 6.50. The highest BCUT2D eigenvalue weighted by atomic mass is 16.7. The predicted molar refractivity (Wildman–Crippen MR) is 67.7 cm³/mol. The van der Waals surface area contributed by atoms with Gasteiger partial charge in [-0.3, -0.25) is 0 Å². The zero-order chi connectivity index (χ0) is 12.7. The van der Waals surface area contributed by atoms with E-state index >= 15 is 0 Å². The summed E-state index contributed by atoms with van der Waals surface area (Å²) in [5.41, 5.74) is -0.0696. The molecule has 3 atom stereocenters. The largest absolute Gasteiger partial charge is 0.353 e. The molecule has 0 radical (unpaired) electrons. The quantitative estimate of drug-likeness (QED) is 0.371. The molecule has 1 aliphatic heterocycles. The van der Waals surface area contributed by atoms with Crippen LogP contribution in [0.3, 0.4) is 0 Å². The molecule has 0 aromatic carbocycles. The van der Waals surface area contributed by atoms with Crippen LogP contribution in [0.25, 0.3) is 0 Å².